The molecule has 1 atom stereocenters. The highest BCUT2D eigenvalue weighted by molar-refractivity contribution is 5.84. The van der Waals surface area contributed by atoms with Crippen molar-refractivity contribution in [1.82, 2.24) is 0 Å². The predicted molar refractivity (Wildman–Crippen MR) is 81.1 cm³/mol. The average molecular weight is 277 g/mol. The first-order valence-electron chi connectivity index (χ1n) is 6.76. The number of anilines is 1. The average Bonchev–Trinajstić information content (AvgIpc) is 2.46. The maximum atomic E-state index is 12.2. The minimum Gasteiger partial charge on any atom is -0.497 e. The number of benzene rings is 1. The Kier molecular flexibility index (Phi) is 6.10. The molecule has 0 radical (unpaired) electrons. The van der Waals surface area contributed by atoms with E-state index in [4.69, 9.17) is 9.47 Å². The number of carbonyl (C=O) groups excluding carboxylic acids is 1. The van der Waals surface area contributed by atoms with Gasteiger partial charge in [0.05, 0.1) is 13.7 Å². The van der Waals surface area contributed by atoms with Crippen molar-refractivity contribution in [1.29, 1.82) is 0 Å². The lowest BCUT2D eigenvalue weighted by Gasteiger charge is -2.29. The molecule has 0 bridgehead atoms. The summed E-state index contributed by atoms with van der Waals surface area (Å²) in [5.74, 6) is 0.525. The molecule has 0 heterocycles. The Labute approximate surface area is 120 Å². The third kappa shape index (κ3) is 4.30. The molecular weight excluding hydrogens is 254 g/mol. The summed E-state index contributed by atoms with van der Waals surface area (Å²) in [6.45, 7) is 7.72. The van der Waals surface area contributed by atoms with Gasteiger partial charge in [-0.05, 0) is 51.0 Å². The highest BCUT2D eigenvalue weighted by Gasteiger charge is 2.33. The summed E-state index contributed by atoms with van der Waals surface area (Å²) in [5.41, 5.74) is 0.0871. The number of rotatable bonds is 8. The maximum Gasteiger partial charge on any atom is 0.331 e. The molecule has 0 amide bonds. The van der Waals surface area contributed by atoms with Crippen LogP contribution in [0.15, 0.2) is 36.9 Å². The number of carbonyl (C=O) groups is 1. The number of hydrogen-bond acceptors (Lipinski definition) is 4. The molecule has 0 spiro atoms. The SMILES string of the molecule is C=CCCC(C)(Nc1ccc(OC)cc1)C(=O)OCC. The topological polar surface area (TPSA) is 47.6 Å². The lowest BCUT2D eigenvalue weighted by atomic mass is 9.95. The van der Waals surface area contributed by atoms with Gasteiger partial charge < -0.3 is 14.8 Å². The standard InChI is InChI=1S/C16H23NO3/c1-5-7-12-16(3,15(18)20-6-2)17-13-8-10-14(19-4)11-9-13/h5,8-11,17H,1,6-7,12H2,2-4H3. The van der Waals surface area contributed by atoms with E-state index in [1.807, 2.05) is 31.2 Å². The summed E-state index contributed by atoms with van der Waals surface area (Å²) in [6.07, 6.45) is 3.16. The van der Waals surface area contributed by atoms with Gasteiger partial charge in [-0.15, -0.1) is 6.58 Å². The second kappa shape index (κ2) is 7.58. The van der Waals surface area contributed by atoms with Gasteiger partial charge in [-0.25, -0.2) is 4.79 Å². The zero-order valence-electron chi connectivity index (χ0n) is 12.4. The van der Waals surface area contributed by atoms with Gasteiger partial charge in [0, 0.05) is 5.69 Å². The first-order valence-corrected chi connectivity index (χ1v) is 6.76. The predicted octanol–water partition coefficient (Wildman–Crippen LogP) is 3.40. The highest BCUT2D eigenvalue weighted by Crippen LogP contribution is 2.24. The molecule has 0 saturated heterocycles. The summed E-state index contributed by atoms with van der Waals surface area (Å²) >= 11 is 0. The summed E-state index contributed by atoms with van der Waals surface area (Å²) in [4.78, 5) is 12.2. The van der Waals surface area contributed by atoms with E-state index in [1.165, 1.54) is 0 Å². The number of allylic oxidation sites excluding steroid dienone is 1. The fourth-order valence-corrected chi connectivity index (χ4v) is 1.89. The molecule has 1 aromatic rings. The van der Waals surface area contributed by atoms with Crippen LogP contribution >= 0.6 is 0 Å². The van der Waals surface area contributed by atoms with Crippen LogP contribution in [0.25, 0.3) is 0 Å². The monoisotopic (exact) mass is 277 g/mol. The maximum absolute atomic E-state index is 12.2. The summed E-state index contributed by atoms with van der Waals surface area (Å²) in [7, 11) is 1.62. The second-order valence-corrected chi connectivity index (χ2v) is 4.73. The van der Waals surface area contributed by atoms with Crippen LogP contribution < -0.4 is 10.1 Å². The van der Waals surface area contributed by atoms with E-state index in [-0.39, 0.29) is 5.97 Å². The van der Waals surface area contributed by atoms with Gasteiger partial charge in [0.25, 0.3) is 0 Å². The van der Waals surface area contributed by atoms with E-state index in [2.05, 4.69) is 11.9 Å². The van der Waals surface area contributed by atoms with Crippen LogP contribution in [-0.4, -0.2) is 25.2 Å². The molecule has 0 aliphatic carbocycles. The minimum atomic E-state index is -0.765. The molecule has 4 heteroatoms. The van der Waals surface area contributed by atoms with E-state index in [1.54, 1.807) is 20.1 Å². The molecule has 1 rings (SSSR count). The molecule has 0 saturated carbocycles. The lowest BCUT2D eigenvalue weighted by Crippen LogP contribution is -2.44. The minimum absolute atomic E-state index is 0.252. The number of nitrogens with one attached hydrogen (secondary N) is 1. The third-order valence-corrected chi connectivity index (χ3v) is 3.08. The quantitative estimate of drug-likeness (QED) is 0.584. The molecule has 0 aliphatic rings. The lowest BCUT2D eigenvalue weighted by molar-refractivity contribution is -0.148. The van der Waals surface area contributed by atoms with Crippen LogP contribution in [0, 0.1) is 0 Å². The van der Waals surface area contributed by atoms with Gasteiger partial charge in [-0.1, -0.05) is 6.08 Å². The Bertz CT molecular complexity index is 442. The van der Waals surface area contributed by atoms with E-state index < -0.39 is 5.54 Å². The van der Waals surface area contributed by atoms with Crippen molar-refractivity contribution in [3.8, 4) is 5.75 Å². The number of esters is 1. The zero-order chi connectivity index (χ0) is 15.0. The summed E-state index contributed by atoms with van der Waals surface area (Å²) in [6, 6.07) is 7.46. The second-order valence-electron chi connectivity index (χ2n) is 4.73. The Morgan fingerprint density at radius 1 is 1.40 bits per heavy atom. The van der Waals surface area contributed by atoms with Crippen LogP contribution in [0.5, 0.6) is 5.75 Å². The van der Waals surface area contributed by atoms with Crippen molar-refractivity contribution in [2.75, 3.05) is 19.0 Å². The van der Waals surface area contributed by atoms with Crippen molar-refractivity contribution in [3.05, 3.63) is 36.9 Å². The zero-order valence-corrected chi connectivity index (χ0v) is 12.4. The molecule has 1 aromatic carbocycles. The first kappa shape index (κ1) is 16.1. The molecule has 1 N–H and O–H groups in total. The fraction of sp³-hybridized carbons (Fsp3) is 0.438. The first-order chi connectivity index (χ1) is 9.55. The van der Waals surface area contributed by atoms with Gasteiger partial charge in [0.2, 0.25) is 0 Å². The molecule has 0 aliphatic heterocycles. The van der Waals surface area contributed by atoms with Gasteiger partial charge in [-0.3, -0.25) is 0 Å². The molecule has 4 nitrogen and oxygen atoms in total. The Morgan fingerprint density at radius 2 is 2.05 bits per heavy atom. The molecule has 0 fully saturated rings. The van der Waals surface area contributed by atoms with Gasteiger partial charge in [0.1, 0.15) is 11.3 Å². The van der Waals surface area contributed by atoms with Crippen LogP contribution in [0.2, 0.25) is 0 Å². The molecule has 1 unspecified atom stereocenters. The fourth-order valence-electron chi connectivity index (χ4n) is 1.89. The molecular formula is C16H23NO3. The smallest absolute Gasteiger partial charge is 0.331 e. The van der Waals surface area contributed by atoms with Crippen LogP contribution in [0.3, 0.4) is 0 Å². The summed E-state index contributed by atoms with van der Waals surface area (Å²) < 4.78 is 10.3. The highest BCUT2D eigenvalue weighted by atomic mass is 16.5. The van der Waals surface area contributed by atoms with E-state index in [0.29, 0.717) is 13.0 Å². The van der Waals surface area contributed by atoms with E-state index in [9.17, 15) is 4.79 Å². The third-order valence-electron chi connectivity index (χ3n) is 3.08. The largest absolute Gasteiger partial charge is 0.497 e. The van der Waals surface area contributed by atoms with E-state index >= 15 is 0 Å². The van der Waals surface area contributed by atoms with Crippen molar-refractivity contribution in [2.45, 2.75) is 32.2 Å². The Hall–Kier alpha value is -1.97. The Morgan fingerprint density at radius 3 is 2.55 bits per heavy atom. The Balaban J connectivity index is 2.86. The molecule has 110 valence electrons. The molecule has 0 aromatic heterocycles. The van der Waals surface area contributed by atoms with E-state index in [0.717, 1.165) is 17.9 Å². The number of methoxy groups -OCH3 is 1. The van der Waals surface area contributed by atoms with Crippen LogP contribution in [0.1, 0.15) is 26.7 Å². The van der Waals surface area contributed by atoms with Crippen molar-refractivity contribution in [2.24, 2.45) is 0 Å². The van der Waals surface area contributed by atoms with Crippen molar-refractivity contribution >= 4 is 11.7 Å². The number of ether oxygens (including phenoxy) is 2. The van der Waals surface area contributed by atoms with Gasteiger partial charge >= 0.3 is 5.97 Å². The van der Waals surface area contributed by atoms with Crippen LogP contribution in [-0.2, 0) is 9.53 Å². The molecule has 20 heavy (non-hydrogen) atoms. The number of hydrogen-bond donors (Lipinski definition) is 1. The summed E-state index contributed by atoms with van der Waals surface area (Å²) in [5, 5.41) is 3.25. The normalized spacial score (nSPS) is 13.2. The van der Waals surface area contributed by atoms with Gasteiger partial charge in [-0.2, -0.15) is 0 Å². The van der Waals surface area contributed by atoms with Gasteiger partial charge in [0.15, 0.2) is 0 Å². The van der Waals surface area contributed by atoms with Crippen LogP contribution in [0.4, 0.5) is 5.69 Å². The van der Waals surface area contributed by atoms with Crippen molar-refractivity contribution < 1.29 is 14.3 Å². The van der Waals surface area contributed by atoms with Crippen molar-refractivity contribution in [3.63, 3.8) is 0 Å².